The molecule has 0 radical (unpaired) electrons. The fraction of sp³-hybridized carbons (Fsp3) is 0.632. The van der Waals surface area contributed by atoms with E-state index in [1.165, 1.54) is 6.42 Å². The Morgan fingerprint density at radius 2 is 1.83 bits per heavy atom. The van der Waals surface area contributed by atoms with E-state index in [-0.39, 0.29) is 17.5 Å². The first-order valence-electron chi connectivity index (χ1n) is 8.23. The first kappa shape index (κ1) is 18.1. The molecule has 128 valence electrons. The van der Waals surface area contributed by atoms with Gasteiger partial charge in [0.2, 0.25) is 0 Å². The molecular formula is C19H27ClO3. The maximum atomic E-state index is 12.5. The van der Waals surface area contributed by atoms with Gasteiger partial charge in [0.15, 0.2) is 5.60 Å². The predicted molar refractivity (Wildman–Crippen MR) is 92.8 cm³/mol. The SMILES string of the molecule is CC1CC(OC(=O)C(C)(C)Oc2ccc(Cl)cc2)CC(C)(C)C1. The van der Waals surface area contributed by atoms with Crippen molar-refractivity contribution in [3.05, 3.63) is 29.3 Å². The average Bonchev–Trinajstić information content (AvgIpc) is 2.38. The Labute approximate surface area is 144 Å². The topological polar surface area (TPSA) is 35.5 Å². The minimum Gasteiger partial charge on any atom is -0.476 e. The van der Waals surface area contributed by atoms with E-state index >= 15 is 0 Å². The lowest BCUT2D eigenvalue weighted by atomic mass is 9.71. The second-order valence-electron chi connectivity index (χ2n) is 8.01. The van der Waals surface area contributed by atoms with E-state index in [0.717, 1.165) is 12.8 Å². The lowest BCUT2D eigenvalue weighted by Crippen LogP contribution is -2.43. The molecule has 1 aromatic carbocycles. The second kappa shape index (κ2) is 6.72. The van der Waals surface area contributed by atoms with Gasteiger partial charge in [-0.05, 0) is 68.7 Å². The molecule has 3 nitrogen and oxygen atoms in total. The molecule has 0 bridgehead atoms. The van der Waals surface area contributed by atoms with Crippen LogP contribution in [-0.4, -0.2) is 17.7 Å². The van der Waals surface area contributed by atoms with Crippen molar-refractivity contribution in [2.75, 3.05) is 0 Å². The highest BCUT2D eigenvalue weighted by atomic mass is 35.5. The molecule has 0 aliphatic heterocycles. The number of carbonyl (C=O) groups is 1. The molecular weight excluding hydrogens is 312 g/mol. The van der Waals surface area contributed by atoms with E-state index in [9.17, 15) is 4.79 Å². The van der Waals surface area contributed by atoms with Crippen molar-refractivity contribution >= 4 is 17.6 Å². The zero-order chi connectivity index (χ0) is 17.3. The van der Waals surface area contributed by atoms with Crippen molar-refractivity contribution in [3.63, 3.8) is 0 Å². The van der Waals surface area contributed by atoms with Gasteiger partial charge in [-0.2, -0.15) is 0 Å². The molecule has 0 spiro atoms. The molecule has 1 aliphatic carbocycles. The minimum absolute atomic E-state index is 0.0330. The van der Waals surface area contributed by atoms with Crippen LogP contribution in [0.1, 0.15) is 53.9 Å². The van der Waals surface area contributed by atoms with Gasteiger partial charge in [0.05, 0.1) is 0 Å². The number of hydrogen-bond acceptors (Lipinski definition) is 3. The minimum atomic E-state index is -1.03. The van der Waals surface area contributed by atoms with Crippen molar-refractivity contribution in [2.45, 2.75) is 65.6 Å². The summed E-state index contributed by atoms with van der Waals surface area (Å²) in [4.78, 5) is 12.5. The highest BCUT2D eigenvalue weighted by molar-refractivity contribution is 6.30. The number of ether oxygens (including phenoxy) is 2. The normalized spacial score (nSPS) is 24.1. The van der Waals surface area contributed by atoms with Gasteiger partial charge in [-0.3, -0.25) is 0 Å². The highest BCUT2D eigenvalue weighted by Crippen LogP contribution is 2.40. The second-order valence-corrected chi connectivity index (χ2v) is 8.44. The average molecular weight is 339 g/mol. The monoisotopic (exact) mass is 338 g/mol. The Bertz CT molecular complexity index is 548. The van der Waals surface area contributed by atoms with Gasteiger partial charge >= 0.3 is 5.97 Å². The summed E-state index contributed by atoms with van der Waals surface area (Å²) in [6.07, 6.45) is 2.97. The molecule has 1 aromatic rings. The summed E-state index contributed by atoms with van der Waals surface area (Å²) in [5, 5.41) is 0.635. The lowest BCUT2D eigenvalue weighted by molar-refractivity contribution is -0.169. The highest BCUT2D eigenvalue weighted by Gasteiger charge is 2.38. The fourth-order valence-electron chi connectivity index (χ4n) is 3.48. The molecule has 1 saturated carbocycles. The first-order chi connectivity index (χ1) is 10.6. The molecule has 2 atom stereocenters. The Morgan fingerprint density at radius 3 is 2.39 bits per heavy atom. The van der Waals surface area contributed by atoms with Gasteiger partial charge in [0, 0.05) is 5.02 Å². The lowest BCUT2D eigenvalue weighted by Gasteiger charge is -2.39. The maximum Gasteiger partial charge on any atom is 0.350 e. The van der Waals surface area contributed by atoms with Gasteiger partial charge in [0.25, 0.3) is 0 Å². The zero-order valence-corrected chi connectivity index (χ0v) is 15.4. The molecule has 1 fully saturated rings. The zero-order valence-electron chi connectivity index (χ0n) is 14.7. The van der Waals surface area contributed by atoms with Crippen molar-refractivity contribution in [1.82, 2.24) is 0 Å². The smallest absolute Gasteiger partial charge is 0.350 e. The first-order valence-corrected chi connectivity index (χ1v) is 8.61. The molecule has 0 N–H and O–H groups in total. The Hall–Kier alpha value is -1.22. The number of halogens is 1. The molecule has 4 heteroatoms. The van der Waals surface area contributed by atoms with Crippen molar-refractivity contribution in [3.8, 4) is 5.75 Å². The van der Waals surface area contributed by atoms with Gasteiger partial charge in [-0.25, -0.2) is 4.79 Å². The van der Waals surface area contributed by atoms with E-state index in [1.807, 2.05) is 0 Å². The summed E-state index contributed by atoms with van der Waals surface area (Å²) in [5.74, 6) is 0.855. The third-order valence-corrected chi connectivity index (χ3v) is 4.55. The molecule has 0 heterocycles. The summed E-state index contributed by atoms with van der Waals surface area (Å²) in [6.45, 7) is 10.2. The standard InChI is InChI=1S/C19H27ClO3/c1-13-10-16(12-18(2,3)11-13)22-17(21)19(4,5)23-15-8-6-14(20)7-9-15/h6-9,13,16H,10-12H2,1-5H3. The van der Waals surface area contributed by atoms with Crippen LogP contribution in [-0.2, 0) is 9.53 Å². The third-order valence-electron chi connectivity index (χ3n) is 4.30. The molecule has 2 rings (SSSR count). The summed E-state index contributed by atoms with van der Waals surface area (Å²) in [5.41, 5.74) is -0.817. The van der Waals surface area contributed by atoms with Crippen LogP contribution in [0, 0.1) is 11.3 Å². The van der Waals surface area contributed by atoms with Gasteiger partial charge in [0.1, 0.15) is 11.9 Å². The Kier molecular flexibility index (Phi) is 5.30. The summed E-state index contributed by atoms with van der Waals surface area (Å²) in [7, 11) is 0. The van der Waals surface area contributed by atoms with Crippen LogP contribution >= 0.6 is 11.6 Å². The largest absolute Gasteiger partial charge is 0.476 e. The maximum absolute atomic E-state index is 12.5. The van der Waals surface area contributed by atoms with E-state index in [1.54, 1.807) is 38.1 Å². The van der Waals surface area contributed by atoms with Crippen LogP contribution in [0.2, 0.25) is 5.02 Å². The number of esters is 1. The van der Waals surface area contributed by atoms with Crippen LogP contribution in [0.3, 0.4) is 0 Å². The quantitative estimate of drug-likeness (QED) is 0.703. The molecule has 1 aliphatic rings. The molecule has 0 aromatic heterocycles. The van der Waals surface area contributed by atoms with Gasteiger partial charge in [-0.15, -0.1) is 0 Å². The number of carbonyl (C=O) groups excluding carboxylic acids is 1. The van der Waals surface area contributed by atoms with Crippen molar-refractivity contribution in [2.24, 2.45) is 11.3 Å². The van der Waals surface area contributed by atoms with Crippen LogP contribution in [0.5, 0.6) is 5.75 Å². The Balaban J connectivity index is 1.99. The predicted octanol–water partition coefficient (Wildman–Crippen LogP) is 5.26. The van der Waals surface area contributed by atoms with E-state index in [0.29, 0.717) is 16.7 Å². The van der Waals surface area contributed by atoms with E-state index < -0.39 is 5.60 Å². The molecule has 23 heavy (non-hydrogen) atoms. The number of rotatable bonds is 4. The summed E-state index contributed by atoms with van der Waals surface area (Å²) in [6, 6.07) is 6.99. The van der Waals surface area contributed by atoms with Crippen LogP contribution < -0.4 is 4.74 Å². The number of benzene rings is 1. The van der Waals surface area contributed by atoms with Crippen LogP contribution in [0.15, 0.2) is 24.3 Å². The van der Waals surface area contributed by atoms with E-state index in [4.69, 9.17) is 21.1 Å². The van der Waals surface area contributed by atoms with Gasteiger partial charge < -0.3 is 9.47 Å². The van der Waals surface area contributed by atoms with Crippen molar-refractivity contribution < 1.29 is 14.3 Å². The van der Waals surface area contributed by atoms with Crippen LogP contribution in [0.25, 0.3) is 0 Å². The molecule has 0 saturated heterocycles. The number of hydrogen-bond donors (Lipinski definition) is 0. The third kappa shape index (κ3) is 5.13. The molecule has 0 amide bonds. The van der Waals surface area contributed by atoms with Crippen molar-refractivity contribution in [1.29, 1.82) is 0 Å². The van der Waals surface area contributed by atoms with Crippen LogP contribution in [0.4, 0.5) is 0 Å². The summed E-state index contributed by atoms with van der Waals surface area (Å²) < 4.78 is 11.6. The summed E-state index contributed by atoms with van der Waals surface area (Å²) >= 11 is 5.87. The fourth-order valence-corrected chi connectivity index (χ4v) is 3.61. The van der Waals surface area contributed by atoms with E-state index in [2.05, 4.69) is 20.8 Å². The van der Waals surface area contributed by atoms with Gasteiger partial charge in [-0.1, -0.05) is 32.4 Å². The Morgan fingerprint density at radius 1 is 1.22 bits per heavy atom. The molecule has 2 unspecified atom stereocenters.